The first kappa shape index (κ1) is 14.5. The SMILES string of the molecule is O=C(NCCCn1ccnn1)Nc1ccccc1C(=O)O. The Hall–Kier alpha value is -2.90. The van der Waals surface area contributed by atoms with Crippen molar-refractivity contribution < 1.29 is 14.7 Å². The van der Waals surface area contributed by atoms with Crippen molar-refractivity contribution in [3.63, 3.8) is 0 Å². The lowest BCUT2D eigenvalue weighted by molar-refractivity contribution is 0.0698. The van der Waals surface area contributed by atoms with Crippen LogP contribution in [0.2, 0.25) is 0 Å². The van der Waals surface area contributed by atoms with Crippen LogP contribution in [0.15, 0.2) is 36.7 Å². The fourth-order valence-corrected chi connectivity index (χ4v) is 1.74. The monoisotopic (exact) mass is 289 g/mol. The zero-order valence-corrected chi connectivity index (χ0v) is 11.2. The number of carboxylic acids is 1. The van der Waals surface area contributed by atoms with Crippen molar-refractivity contribution in [2.75, 3.05) is 11.9 Å². The molecule has 0 fully saturated rings. The number of carbonyl (C=O) groups excluding carboxylic acids is 1. The molecule has 3 N–H and O–H groups in total. The number of nitrogens with zero attached hydrogens (tertiary/aromatic N) is 3. The lowest BCUT2D eigenvalue weighted by atomic mass is 10.2. The Morgan fingerprint density at radius 2 is 2.10 bits per heavy atom. The summed E-state index contributed by atoms with van der Waals surface area (Å²) in [7, 11) is 0. The highest BCUT2D eigenvalue weighted by Crippen LogP contribution is 2.14. The van der Waals surface area contributed by atoms with Gasteiger partial charge in [0.1, 0.15) is 0 Å². The van der Waals surface area contributed by atoms with E-state index in [0.717, 1.165) is 0 Å². The molecule has 0 radical (unpaired) electrons. The van der Waals surface area contributed by atoms with Crippen LogP contribution in [0.3, 0.4) is 0 Å². The number of carbonyl (C=O) groups is 2. The van der Waals surface area contributed by atoms with E-state index in [1.165, 1.54) is 6.07 Å². The van der Waals surface area contributed by atoms with Crippen molar-refractivity contribution in [1.29, 1.82) is 0 Å². The fourth-order valence-electron chi connectivity index (χ4n) is 1.74. The van der Waals surface area contributed by atoms with Gasteiger partial charge in [-0.25, -0.2) is 9.59 Å². The van der Waals surface area contributed by atoms with E-state index in [2.05, 4.69) is 20.9 Å². The number of urea groups is 1. The minimum absolute atomic E-state index is 0.0512. The summed E-state index contributed by atoms with van der Waals surface area (Å²) < 4.78 is 1.67. The van der Waals surface area contributed by atoms with Gasteiger partial charge in [-0.3, -0.25) is 4.68 Å². The molecule has 2 amide bonds. The average molecular weight is 289 g/mol. The highest BCUT2D eigenvalue weighted by molar-refractivity contribution is 5.99. The largest absolute Gasteiger partial charge is 0.478 e. The summed E-state index contributed by atoms with van der Waals surface area (Å²) in [5, 5.41) is 21.7. The van der Waals surface area contributed by atoms with Crippen molar-refractivity contribution >= 4 is 17.7 Å². The van der Waals surface area contributed by atoms with E-state index < -0.39 is 12.0 Å². The maximum atomic E-state index is 11.7. The van der Waals surface area contributed by atoms with Crippen LogP contribution in [0.5, 0.6) is 0 Å². The van der Waals surface area contributed by atoms with Crippen LogP contribution in [0.4, 0.5) is 10.5 Å². The van der Waals surface area contributed by atoms with E-state index in [0.29, 0.717) is 19.5 Å². The van der Waals surface area contributed by atoms with Crippen LogP contribution in [-0.4, -0.2) is 38.6 Å². The molecule has 0 aliphatic heterocycles. The fraction of sp³-hybridized carbons (Fsp3) is 0.231. The molecule has 2 aromatic rings. The summed E-state index contributed by atoms with van der Waals surface area (Å²) in [5.74, 6) is -1.09. The number of anilines is 1. The summed E-state index contributed by atoms with van der Waals surface area (Å²) in [6.45, 7) is 1.09. The number of hydrogen-bond donors (Lipinski definition) is 3. The molecule has 1 heterocycles. The highest BCUT2D eigenvalue weighted by Gasteiger charge is 2.10. The van der Waals surface area contributed by atoms with Crippen molar-refractivity contribution in [2.24, 2.45) is 0 Å². The molecule has 110 valence electrons. The molecule has 0 aliphatic rings. The van der Waals surface area contributed by atoms with Crippen molar-refractivity contribution in [3.05, 3.63) is 42.2 Å². The van der Waals surface area contributed by atoms with E-state index >= 15 is 0 Å². The molecule has 2 rings (SSSR count). The second-order valence-electron chi connectivity index (χ2n) is 4.25. The summed E-state index contributed by atoms with van der Waals surface area (Å²) >= 11 is 0. The van der Waals surface area contributed by atoms with Crippen molar-refractivity contribution in [3.8, 4) is 0 Å². The van der Waals surface area contributed by atoms with Crippen molar-refractivity contribution in [2.45, 2.75) is 13.0 Å². The summed E-state index contributed by atoms with van der Waals surface area (Å²) in [6.07, 6.45) is 4.02. The molecule has 0 unspecified atom stereocenters. The van der Waals surface area contributed by atoms with E-state index in [1.54, 1.807) is 35.3 Å². The minimum Gasteiger partial charge on any atom is -0.478 e. The van der Waals surface area contributed by atoms with Crippen LogP contribution in [0.1, 0.15) is 16.8 Å². The Bertz CT molecular complexity index is 612. The summed E-state index contributed by atoms with van der Waals surface area (Å²) in [6, 6.07) is 5.79. The molecule has 0 saturated carbocycles. The quantitative estimate of drug-likeness (QED) is 0.692. The number of hydrogen-bond acceptors (Lipinski definition) is 4. The minimum atomic E-state index is -1.09. The third-order valence-corrected chi connectivity index (χ3v) is 2.73. The van der Waals surface area contributed by atoms with Crippen LogP contribution in [0.25, 0.3) is 0 Å². The second kappa shape index (κ2) is 7.04. The van der Waals surface area contributed by atoms with Crippen molar-refractivity contribution in [1.82, 2.24) is 20.3 Å². The van der Waals surface area contributed by atoms with E-state index in [1.807, 2.05) is 0 Å². The number of aromatic carboxylic acids is 1. The van der Waals surface area contributed by atoms with Gasteiger partial charge in [-0.15, -0.1) is 5.10 Å². The predicted molar refractivity (Wildman–Crippen MR) is 75.1 cm³/mol. The van der Waals surface area contributed by atoms with Gasteiger partial charge in [-0.05, 0) is 18.6 Å². The molecular formula is C13H15N5O3. The van der Waals surface area contributed by atoms with Gasteiger partial charge in [0.15, 0.2) is 0 Å². The van der Waals surface area contributed by atoms with Gasteiger partial charge in [0.2, 0.25) is 0 Å². The number of benzene rings is 1. The molecule has 8 heteroatoms. The van der Waals surface area contributed by atoms with Gasteiger partial charge >= 0.3 is 12.0 Å². The van der Waals surface area contributed by atoms with E-state index in [4.69, 9.17) is 5.11 Å². The molecule has 0 saturated heterocycles. The maximum Gasteiger partial charge on any atom is 0.337 e. The Labute approximate surface area is 120 Å². The number of amides is 2. The Balaban J connectivity index is 1.78. The highest BCUT2D eigenvalue weighted by atomic mass is 16.4. The van der Waals surface area contributed by atoms with Crippen LogP contribution < -0.4 is 10.6 Å². The lowest BCUT2D eigenvalue weighted by Crippen LogP contribution is -2.30. The molecule has 0 bridgehead atoms. The lowest BCUT2D eigenvalue weighted by Gasteiger charge is -2.09. The number of carboxylic acid groups (broad SMARTS) is 1. The summed E-state index contributed by atoms with van der Waals surface area (Å²) in [5.41, 5.74) is 0.314. The third kappa shape index (κ3) is 4.30. The van der Waals surface area contributed by atoms with Crippen LogP contribution in [-0.2, 0) is 6.54 Å². The van der Waals surface area contributed by atoms with Gasteiger partial charge in [0.25, 0.3) is 0 Å². The second-order valence-corrected chi connectivity index (χ2v) is 4.25. The number of aryl methyl sites for hydroxylation is 1. The molecule has 0 atom stereocenters. The zero-order chi connectivity index (χ0) is 15.1. The molecule has 21 heavy (non-hydrogen) atoms. The molecule has 1 aromatic heterocycles. The standard InChI is InChI=1S/C13H15N5O3/c19-12(20)10-4-1-2-5-11(10)16-13(21)14-6-3-8-18-9-7-15-17-18/h1-2,4-5,7,9H,3,6,8H2,(H,19,20)(H2,14,16,21). The normalized spacial score (nSPS) is 10.1. The van der Waals surface area contributed by atoms with E-state index in [9.17, 15) is 9.59 Å². The number of para-hydroxylation sites is 1. The molecule has 0 aliphatic carbocycles. The van der Waals surface area contributed by atoms with Gasteiger partial charge in [0, 0.05) is 19.3 Å². The van der Waals surface area contributed by atoms with Gasteiger partial charge in [-0.1, -0.05) is 17.3 Å². The molecular weight excluding hydrogens is 274 g/mol. The smallest absolute Gasteiger partial charge is 0.337 e. The first-order chi connectivity index (χ1) is 10.2. The number of rotatable bonds is 6. The Kier molecular flexibility index (Phi) is 4.86. The van der Waals surface area contributed by atoms with Gasteiger partial charge in [-0.2, -0.15) is 0 Å². The van der Waals surface area contributed by atoms with Crippen LogP contribution >= 0.6 is 0 Å². The van der Waals surface area contributed by atoms with Gasteiger partial charge in [0.05, 0.1) is 17.4 Å². The Morgan fingerprint density at radius 1 is 1.29 bits per heavy atom. The zero-order valence-electron chi connectivity index (χ0n) is 11.2. The molecule has 8 nitrogen and oxygen atoms in total. The first-order valence-electron chi connectivity index (χ1n) is 6.38. The predicted octanol–water partition coefficient (Wildman–Crippen LogP) is 1.19. The average Bonchev–Trinajstić information content (AvgIpc) is 2.97. The first-order valence-corrected chi connectivity index (χ1v) is 6.38. The number of nitrogens with one attached hydrogen (secondary N) is 2. The van der Waals surface area contributed by atoms with Gasteiger partial charge < -0.3 is 15.7 Å². The Morgan fingerprint density at radius 3 is 2.81 bits per heavy atom. The van der Waals surface area contributed by atoms with Crippen LogP contribution in [0, 0.1) is 0 Å². The topological polar surface area (TPSA) is 109 Å². The molecule has 1 aromatic carbocycles. The maximum absolute atomic E-state index is 11.7. The molecule has 0 spiro atoms. The number of aromatic nitrogens is 3. The summed E-state index contributed by atoms with van der Waals surface area (Å²) in [4.78, 5) is 22.7. The third-order valence-electron chi connectivity index (χ3n) is 2.73. The van der Waals surface area contributed by atoms with E-state index in [-0.39, 0.29) is 11.3 Å².